The Morgan fingerprint density at radius 1 is 1.28 bits per heavy atom. The van der Waals surface area contributed by atoms with E-state index in [9.17, 15) is 0 Å². The summed E-state index contributed by atoms with van der Waals surface area (Å²) in [7, 11) is 1.87. The maximum Gasteiger partial charge on any atom is 0.191 e. The fraction of sp³-hybridized carbons (Fsp3) is 0.500. The van der Waals surface area contributed by atoms with E-state index < -0.39 is 0 Å². The molecule has 1 heterocycles. The average Bonchev–Trinajstić information content (AvgIpc) is 3.03. The van der Waals surface area contributed by atoms with Gasteiger partial charge in [-0.3, -0.25) is 4.68 Å². The van der Waals surface area contributed by atoms with Gasteiger partial charge in [-0.1, -0.05) is 19.1 Å². The third-order valence-electron chi connectivity index (χ3n) is 3.61. The number of aliphatic imine (C=N–C) groups is 1. The summed E-state index contributed by atoms with van der Waals surface area (Å²) in [6.07, 6.45) is 3.45. The zero-order chi connectivity index (χ0) is 17.9. The molecule has 2 aromatic rings. The van der Waals surface area contributed by atoms with E-state index in [1.807, 2.05) is 26.1 Å². The Hall–Kier alpha value is -2.57. The van der Waals surface area contributed by atoms with E-state index in [2.05, 4.69) is 44.8 Å². The van der Waals surface area contributed by atoms with Crippen LogP contribution < -0.4 is 15.4 Å². The number of nitrogens with one attached hydrogen (secondary N) is 2. The predicted octanol–water partition coefficient (Wildman–Crippen LogP) is 1.90. The highest BCUT2D eigenvalue weighted by atomic mass is 16.5. The minimum absolute atomic E-state index is 0.492. The smallest absolute Gasteiger partial charge is 0.191 e. The highest BCUT2D eigenvalue weighted by Gasteiger charge is 2.02. The average molecular weight is 344 g/mol. The van der Waals surface area contributed by atoms with Crippen molar-refractivity contribution in [3.05, 3.63) is 42.0 Å². The highest BCUT2D eigenvalue weighted by molar-refractivity contribution is 5.79. The van der Waals surface area contributed by atoms with Gasteiger partial charge in [0.15, 0.2) is 5.96 Å². The standard InChI is InChI=1S/C18H28N6O/c1-4-11-25-16-8-6-7-15(12-16)9-10-20-18(19-5-2)21-13-17-22-14-23-24(17)3/h6-8,12,14H,4-5,9-11,13H2,1-3H3,(H2,19,20,21). The summed E-state index contributed by atoms with van der Waals surface area (Å²) < 4.78 is 7.41. The molecule has 0 aliphatic rings. The van der Waals surface area contributed by atoms with E-state index in [1.165, 1.54) is 5.56 Å². The first kappa shape index (κ1) is 18.8. The minimum atomic E-state index is 0.492. The van der Waals surface area contributed by atoms with Crippen molar-refractivity contribution < 1.29 is 4.74 Å². The third-order valence-corrected chi connectivity index (χ3v) is 3.61. The van der Waals surface area contributed by atoms with Crippen molar-refractivity contribution in [1.29, 1.82) is 0 Å². The number of aryl methyl sites for hydroxylation is 1. The number of ether oxygens (including phenoxy) is 1. The Kier molecular flexibility index (Phi) is 7.75. The molecule has 0 fully saturated rings. The second-order valence-corrected chi connectivity index (χ2v) is 5.67. The van der Waals surface area contributed by atoms with Crippen molar-refractivity contribution in [3.63, 3.8) is 0 Å². The van der Waals surface area contributed by atoms with Crippen molar-refractivity contribution in [1.82, 2.24) is 25.4 Å². The zero-order valence-corrected chi connectivity index (χ0v) is 15.3. The van der Waals surface area contributed by atoms with Crippen LogP contribution in [0.3, 0.4) is 0 Å². The van der Waals surface area contributed by atoms with Crippen LogP contribution in [0.15, 0.2) is 35.6 Å². The largest absolute Gasteiger partial charge is 0.494 e. The lowest BCUT2D eigenvalue weighted by atomic mass is 10.1. The fourth-order valence-corrected chi connectivity index (χ4v) is 2.29. The van der Waals surface area contributed by atoms with Gasteiger partial charge in [0.1, 0.15) is 24.4 Å². The van der Waals surface area contributed by atoms with E-state index in [-0.39, 0.29) is 0 Å². The molecule has 0 aliphatic heterocycles. The van der Waals surface area contributed by atoms with Gasteiger partial charge in [0, 0.05) is 20.1 Å². The van der Waals surface area contributed by atoms with Gasteiger partial charge in [-0.25, -0.2) is 9.98 Å². The molecule has 0 saturated carbocycles. The summed E-state index contributed by atoms with van der Waals surface area (Å²) in [6, 6.07) is 8.25. The zero-order valence-electron chi connectivity index (χ0n) is 15.3. The summed E-state index contributed by atoms with van der Waals surface area (Å²) in [5.41, 5.74) is 1.24. The SMILES string of the molecule is CCCOc1cccc(CCNC(=NCc2ncnn2C)NCC)c1. The van der Waals surface area contributed by atoms with Crippen molar-refractivity contribution in [3.8, 4) is 5.75 Å². The van der Waals surface area contributed by atoms with Crippen LogP contribution in [0, 0.1) is 0 Å². The fourth-order valence-electron chi connectivity index (χ4n) is 2.29. The Labute approximate surface area is 149 Å². The quantitative estimate of drug-likeness (QED) is 0.537. The van der Waals surface area contributed by atoms with Crippen LogP contribution in [0.2, 0.25) is 0 Å². The molecule has 1 aromatic carbocycles. The van der Waals surface area contributed by atoms with E-state index >= 15 is 0 Å². The number of aromatic nitrogens is 3. The first-order chi connectivity index (χ1) is 12.2. The molecule has 1 aromatic heterocycles. The van der Waals surface area contributed by atoms with Crippen LogP contribution in [0.1, 0.15) is 31.7 Å². The summed E-state index contributed by atoms with van der Waals surface area (Å²) in [5, 5.41) is 10.7. The van der Waals surface area contributed by atoms with Gasteiger partial charge in [0.2, 0.25) is 0 Å². The van der Waals surface area contributed by atoms with Crippen LogP contribution in [-0.2, 0) is 20.0 Å². The first-order valence-electron chi connectivity index (χ1n) is 8.79. The molecule has 0 saturated heterocycles. The second-order valence-electron chi connectivity index (χ2n) is 5.67. The molecule has 7 nitrogen and oxygen atoms in total. The molecule has 0 spiro atoms. The number of nitrogens with zero attached hydrogens (tertiary/aromatic N) is 4. The van der Waals surface area contributed by atoms with Crippen molar-refractivity contribution in [2.45, 2.75) is 33.2 Å². The van der Waals surface area contributed by atoms with Gasteiger partial charge < -0.3 is 15.4 Å². The van der Waals surface area contributed by atoms with Gasteiger partial charge in [0.25, 0.3) is 0 Å². The first-order valence-corrected chi connectivity index (χ1v) is 8.79. The number of hydrogen-bond acceptors (Lipinski definition) is 4. The number of guanidine groups is 1. The number of benzene rings is 1. The van der Waals surface area contributed by atoms with Gasteiger partial charge in [-0.15, -0.1) is 0 Å². The summed E-state index contributed by atoms with van der Waals surface area (Å²) in [5.74, 6) is 2.55. The van der Waals surface area contributed by atoms with Gasteiger partial charge in [0.05, 0.1) is 6.61 Å². The van der Waals surface area contributed by atoms with E-state index in [0.29, 0.717) is 6.54 Å². The lowest BCUT2D eigenvalue weighted by Crippen LogP contribution is -2.38. The molecule has 0 unspecified atom stereocenters. The van der Waals surface area contributed by atoms with Crippen molar-refractivity contribution >= 4 is 5.96 Å². The molecule has 0 radical (unpaired) electrons. The van der Waals surface area contributed by atoms with Crippen molar-refractivity contribution in [2.24, 2.45) is 12.0 Å². The highest BCUT2D eigenvalue weighted by Crippen LogP contribution is 2.13. The van der Waals surface area contributed by atoms with E-state index in [4.69, 9.17) is 4.74 Å². The maximum absolute atomic E-state index is 5.68. The second kappa shape index (κ2) is 10.3. The molecule has 25 heavy (non-hydrogen) atoms. The molecular weight excluding hydrogens is 316 g/mol. The van der Waals surface area contributed by atoms with Crippen LogP contribution >= 0.6 is 0 Å². The molecule has 0 bridgehead atoms. The molecule has 0 aliphatic carbocycles. The Balaban J connectivity index is 1.85. The summed E-state index contributed by atoms with van der Waals surface area (Å²) >= 11 is 0. The lowest BCUT2D eigenvalue weighted by molar-refractivity contribution is 0.317. The predicted molar refractivity (Wildman–Crippen MR) is 99.8 cm³/mol. The monoisotopic (exact) mass is 344 g/mol. The Bertz CT molecular complexity index is 667. The molecule has 2 rings (SSSR count). The lowest BCUT2D eigenvalue weighted by Gasteiger charge is -2.12. The van der Waals surface area contributed by atoms with Gasteiger partial charge in [-0.05, 0) is 37.5 Å². The molecular formula is C18H28N6O. The molecule has 2 N–H and O–H groups in total. The van der Waals surface area contributed by atoms with Crippen LogP contribution in [0.4, 0.5) is 0 Å². The third kappa shape index (κ3) is 6.45. The molecule has 0 atom stereocenters. The Morgan fingerprint density at radius 3 is 2.88 bits per heavy atom. The molecule has 136 valence electrons. The molecule has 0 amide bonds. The van der Waals surface area contributed by atoms with Gasteiger partial charge in [-0.2, -0.15) is 5.10 Å². The van der Waals surface area contributed by atoms with E-state index in [0.717, 1.165) is 50.1 Å². The van der Waals surface area contributed by atoms with Crippen molar-refractivity contribution in [2.75, 3.05) is 19.7 Å². The normalized spacial score (nSPS) is 11.4. The summed E-state index contributed by atoms with van der Waals surface area (Å²) in [6.45, 7) is 7.00. The number of rotatable bonds is 9. The topological polar surface area (TPSA) is 76.4 Å². The van der Waals surface area contributed by atoms with Crippen LogP contribution in [0.5, 0.6) is 5.75 Å². The maximum atomic E-state index is 5.68. The van der Waals surface area contributed by atoms with Crippen LogP contribution in [-0.4, -0.2) is 40.4 Å². The summed E-state index contributed by atoms with van der Waals surface area (Å²) in [4.78, 5) is 8.74. The minimum Gasteiger partial charge on any atom is -0.494 e. The van der Waals surface area contributed by atoms with E-state index in [1.54, 1.807) is 11.0 Å². The Morgan fingerprint density at radius 2 is 2.16 bits per heavy atom. The number of hydrogen-bond donors (Lipinski definition) is 2. The van der Waals surface area contributed by atoms with Crippen LogP contribution in [0.25, 0.3) is 0 Å². The van der Waals surface area contributed by atoms with Gasteiger partial charge >= 0.3 is 0 Å². The molecule has 7 heteroatoms.